The second-order valence-electron chi connectivity index (χ2n) is 7.96. The SMILES string of the molecule is CC(=O)N[C@@H](CC(=O)N1CCCN(S(=O)(=O)c2ccc(C)cc2)CC1)c1ccc(Cl)cc1. The average molecular weight is 478 g/mol. The van der Waals surface area contributed by atoms with Crippen LogP contribution in [0.25, 0.3) is 0 Å². The van der Waals surface area contributed by atoms with E-state index in [0.717, 1.165) is 11.1 Å². The number of hydrogen-bond donors (Lipinski definition) is 1. The van der Waals surface area contributed by atoms with Crippen LogP contribution in [-0.2, 0) is 19.6 Å². The lowest BCUT2D eigenvalue weighted by Gasteiger charge is -2.25. The highest BCUT2D eigenvalue weighted by Gasteiger charge is 2.29. The molecule has 0 aliphatic carbocycles. The molecule has 1 aliphatic rings. The van der Waals surface area contributed by atoms with Gasteiger partial charge in [-0.15, -0.1) is 0 Å². The topological polar surface area (TPSA) is 86.8 Å². The first kappa shape index (κ1) is 24.2. The fraction of sp³-hybridized carbons (Fsp3) is 0.391. The number of sulfonamides is 1. The molecule has 0 aromatic heterocycles. The van der Waals surface area contributed by atoms with Gasteiger partial charge in [0.25, 0.3) is 0 Å². The van der Waals surface area contributed by atoms with Crippen LogP contribution >= 0.6 is 11.6 Å². The van der Waals surface area contributed by atoms with E-state index >= 15 is 0 Å². The quantitative estimate of drug-likeness (QED) is 0.692. The van der Waals surface area contributed by atoms with Gasteiger partial charge in [0.15, 0.2) is 0 Å². The Morgan fingerprint density at radius 3 is 2.28 bits per heavy atom. The Hall–Kier alpha value is -2.42. The highest BCUT2D eigenvalue weighted by Crippen LogP contribution is 2.22. The fourth-order valence-corrected chi connectivity index (χ4v) is 5.33. The van der Waals surface area contributed by atoms with Crippen LogP contribution in [0.1, 0.15) is 36.9 Å². The van der Waals surface area contributed by atoms with Crippen molar-refractivity contribution in [3.8, 4) is 0 Å². The Morgan fingerprint density at radius 1 is 1.00 bits per heavy atom. The monoisotopic (exact) mass is 477 g/mol. The second kappa shape index (κ2) is 10.5. The molecule has 0 radical (unpaired) electrons. The van der Waals surface area contributed by atoms with E-state index in [2.05, 4.69) is 5.32 Å². The Labute approximate surface area is 194 Å². The number of aryl methyl sites for hydroxylation is 1. The van der Waals surface area contributed by atoms with E-state index in [1.807, 2.05) is 6.92 Å². The summed E-state index contributed by atoms with van der Waals surface area (Å²) in [6.07, 6.45) is 0.633. The van der Waals surface area contributed by atoms with Gasteiger partial charge in [-0.25, -0.2) is 8.42 Å². The third-order valence-corrected chi connectivity index (χ3v) is 7.66. The van der Waals surface area contributed by atoms with Crippen LogP contribution in [0.2, 0.25) is 5.02 Å². The third-order valence-electron chi connectivity index (χ3n) is 5.49. The van der Waals surface area contributed by atoms with E-state index in [1.165, 1.54) is 11.2 Å². The molecule has 7 nitrogen and oxygen atoms in total. The number of nitrogens with zero attached hydrogens (tertiary/aromatic N) is 2. The minimum absolute atomic E-state index is 0.0892. The molecule has 2 aromatic rings. The molecule has 32 heavy (non-hydrogen) atoms. The van der Waals surface area contributed by atoms with Crippen LogP contribution < -0.4 is 5.32 Å². The van der Waals surface area contributed by atoms with Gasteiger partial charge in [-0.2, -0.15) is 4.31 Å². The number of carbonyl (C=O) groups is 2. The van der Waals surface area contributed by atoms with E-state index in [1.54, 1.807) is 53.4 Å². The standard InChI is InChI=1S/C23H28ClN3O4S/c1-17-4-10-21(11-5-17)32(30,31)27-13-3-12-26(14-15-27)23(29)16-22(25-18(2)28)19-6-8-20(24)9-7-19/h4-11,22H,3,12-16H2,1-2H3,(H,25,28)/t22-/m0/s1. The molecule has 1 atom stereocenters. The first-order valence-corrected chi connectivity index (χ1v) is 12.4. The largest absolute Gasteiger partial charge is 0.349 e. The summed E-state index contributed by atoms with van der Waals surface area (Å²) in [6.45, 7) is 4.67. The van der Waals surface area contributed by atoms with Crippen molar-refractivity contribution in [2.24, 2.45) is 0 Å². The number of benzene rings is 2. The number of carbonyl (C=O) groups excluding carboxylic acids is 2. The molecular weight excluding hydrogens is 450 g/mol. The summed E-state index contributed by atoms with van der Waals surface area (Å²) in [4.78, 5) is 26.6. The predicted octanol–water partition coefficient (Wildman–Crippen LogP) is 3.14. The number of halogens is 1. The Balaban J connectivity index is 1.68. The fourth-order valence-electron chi connectivity index (χ4n) is 3.74. The van der Waals surface area contributed by atoms with E-state index in [-0.39, 0.29) is 29.7 Å². The molecule has 1 heterocycles. The number of hydrogen-bond acceptors (Lipinski definition) is 4. The maximum Gasteiger partial charge on any atom is 0.243 e. The summed E-state index contributed by atoms with van der Waals surface area (Å²) in [6, 6.07) is 13.3. The lowest BCUT2D eigenvalue weighted by molar-refractivity contribution is -0.131. The van der Waals surface area contributed by atoms with Gasteiger partial charge < -0.3 is 10.2 Å². The predicted molar refractivity (Wildman–Crippen MR) is 124 cm³/mol. The van der Waals surface area contributed by atoms with Gasteiger partial charge in [0.1, 0.15) is 0 Å². The molecule has 1 fully saturated rings. The first-order valence-electron chi connectivity index (χ1n) is 10.5. The zero-order chi connectivity index (χ0) is 23.3. The molecule has 0 bridgehead atoms. The molecule has 1 aliphatic heterocycles. The van der Waals surface area contributed by atoms with E-state index in [4.69, 9.17) is 11.6 Å². The van der Waals surface area contributed by atoms with Gasteiger partial charge in [-0.1, -0.05) is 41.4 Å². The van der Waals surface area contributed by atoms with Crippen molar-refractivity contribution in [3.05, 3.63) is 64.7 Å². The molecule has 172 valence electrons. The molecule has 1 saturated heterocycles. The van der Waals surface area contributed by atoms with Gasteiger partial charge in [0.05, 0.1) is 17.4 Å². The summed E-state index contributed by atoms with van der Waals surface area (Å²) < 4.78 is 27.4. The zero-order valence-electron chi connectivity index (χ0n) is 18.3. The lowest BCUT2D eigenvalue weighted by Crippen LogP contribution is -2.39. The van der Waals surface area contributed by atoms with Crippen LogP contribution in [0.3, 0.4) is 0 Å². The third kappa shape index (κ3) is 6.09. The van der Waals surface area contributed by atoms with Crippen molar-refractivity contribution in [2.75, 3.05) is 26.2 Å². The normalized spacial score (nSPS) is 16.3. The molecule has 1 N–H and O–H groups in total. The minimum atomic E-state index is -3.61. The van der Waals surface area contributed by atoms with Gasteiger partial charge >= 0.3 is 0 Å². The molecule has 0 spiro atoms. The van der Waals surface area contributed by atoms with Crippen LogP contribution in [0.5, 0.6) is 0 Å². The van der Waals surface area contributed by atoms with Crippen molar-refractivity contribution in [1.82, 2.24) is 14.5 Å². The lowest BCUT2D eigenvalue weighted by atomic mass is 10.0. The Kier molecular flexibility index (Phi) is 7.92. The summed E-state index contributed by atoms with van der Waals surface area (Å²) in [5.41, 5.74) is 1.78. The number of nitrogens with one attached hydrogen (secondary N) is 1. The average Bonchev–Trinajstić information content (AvgIpc) is 3.01. The number of rotatable bonds is 6. The summed E-state index contributed by atoms with van der Waals surface area (Å²) in [5.74, 6) is -0.364. The molecule has 2 aromatic carbocycles. The van der Waals surface area contributed by atoms with Crippen LogP contribution in [-0.4, -0.2) is 55.6 Å². The summed E-state index contributed by atoms with van der Waals surface area (Å²) >= 11 is 5.95. The molecule has 3 rings (SSSR count). The Morgan fingerprint density at radius 2 is 1.66 bits per heavy atom. The molecule has 9 heteroatoms. The highest BCUT2D eigenvalue weighted by molar-refractivity contribution is 7.89. The van der Waals surface area contributed by atoms with E-state index < -0.39 is 16.1 Å². The number of amides is 2. The molecule has 2 amide bonds. The Bertz CT molecular complexity index is 1060. The van der Waals surface area contributed by atoms with Crippen molar-refractivity contribution < 1.29 is 18.0 Å². The molecule has 0 saturated carbocycles. The van der Waals surface area contributed by atoms with E-state index in [9.17, 15) is 18.0 Å². The van der Waals surface area contributed by atoms with Gasteiger partial charge in [0, 0.05) is 38.1 Å². The van der Waals surface area contributed by atoms with Crippen LogP contribution in [0, 0.1) is 6.92 Å². The van der Waals surface area contributed by atoms with Gasteiger partial charge in [-0.3, -0.25) is 9.59 Å². The summed E-state index contributed by atoms with van der Waals surface area (Å²) in [5, 5.41) is 3.40. The zero-order valence-corrected chi connectivity index (χ0v) is 19.8. The first-order chi connectivity index (χ1) is 15.2. The van der Waals surface area contributed by atoms with Crippen LogP contribution in [0.15, 0.2) is 53.4 Å². The molecular formula is C23H28ClN3O4S. The highest BCUT2D eigenvalue weighted by atomic mass is 35.5. The maximum atomic E-state index is 13.0. The molecule has 0 unspecified atom stereocenters. The van der Waals surface area contributed by atoms with Crippen LogP contribution in [0.4, 0.5) is 0 Å². The minimum Gasteiger partial charge on any atom is -0.349 e. The maximum absolute atomic E-state index is 13.0. The summed E-state index contributed by atoms with van der Waals surface area (Å²) in [7, 11) is -3.61. The van der Waals surface area contributed by atoms with Crippen molar-refractivity contribution >= 4 is 33.4 Å². The smallest absolute Gasteiger partial charge is 0.243 e. The van der Waals surface area contributed by atoms with Crippen molar-refractivity contribution in [3.63, 3.8) is 0 Å². The van der Waals surface area contributed by atoms with Crippen molar-refractivity contribution in [1.29, 1.82) is 0 Å². The van der Waals surface area contributed by atoms with Crippen molar-refractivity contribution in [2.45, 2.75) is 37.6 Å². The second-order valence-corrected chi connectivity index (χ2v) is 10.3. The van der Waals surface area contributed by atoms with Gasteiger partial charge in [-0.05, 0) is 43.2 Å². The van der Waals surface area contributed by atoms with E-state index in [0.29, 0.717) is 31.1 Å². The van der Waals surface area contributed by atoms with Gasteiger partial charge in [0.2, 0.25) is 21.8 Å².